The van der Waals surface area contributed by atoms with E-state index >= 15 is 0 Å². The minimum absolute atomic E-state index is 0.0985. The molecule has 104 valence electrons. The Morgan fingerprint density at radius 3 is 2.55 bits per heavy atom. The maximum atomic E-state index is 12.8. The normalized spacial score (nSPS) is 12.9. The monoisotopic (exact) mass is 283 g/mol. The Morgan fingerprint density at radius 1 is 1.45 bits per heavy atom. The summed E-state index contributed by atoms with van der Waals surface area (Å²) in [6.07, 6.45) is -4.67. The number of nitrogens with two attached hydrogens (primary N) is 1. The molecule has 3 N–H and O–H groups in total. The summed E-state index contributed by atoms with van der Waals surface area (Å²) in [5.41, 5.74) is 2.00. The molecule has 5 nitrogen and oxygen atoms in total. The smallest absolute Gasteiger partial charge is 0.434 e. The Kier molecular flexibility index (Phi) is 4.48. The van der Waals surface area contributed by atoms with Gasteiger partial charge < -0.3 is 10.8 Å². The van der Waals surface area contributed by atoms with E-state index in [2.05, 4.69) is 4.99 Å². The summed E-state index contributed by atoms with van der Waals surface area (Å²) in [5.74, 6) is -1.85. The third-order valence-corrected chi connectivity index (χ3v) is 2.14. The molecule has 1 aromatic carbocycles. The van der Waals surface area contributed by atoms with Crippen molar-refractivity contribution < 1.29 is 23.1 Å². The molecule has 0 aliphatic heterocycles. The largest absolute Gasteiger partial charge is 0.478 e. The van der Waals surface area contributed by atoms with Gasteiger partial charge in [-0.2, -0.15) is 18.4 Å². The quantitative estimate of drug-likeness (QED) is 0.655. The van der Waals surface area contributed by atoms with Crippen LogP contribution in [0.4, 0.5) is 18.9 Å². The molecule has 0 bridgehead atoms. The molecule has 0 aliphatic carbocycles. The van der Waals surface area contributed by atoms with Crippen molar-refractivity contribution in [1.29, 1.82) is 5.26 Å². The second kappa shape index (κ2) is 5.88. The van der Waals surface area contributed by atoms with Crippen molar-refractivity contribution in [2.45, 2.75) is 6.18 Å². The highest BCUT2D eigenvalue weighted by Crippen LogP contribution is 2.26. The topological polar surface area (TPSA) is 99.5 Å². The minimum Gasteiger partial charge on any atom is -0.478 e. The molecule has 0 aliphatic rings. The van der Waals surface area contributed by atoms with Gasteiger partial charge in [-0.05, 0) is 18.2 Å². The van der Waals surface area contributed by atoms with Crippen LogP contribution in [0.15, 0.2) is 41.0 Å². The molecular formula is C12H8F3N3O2. The average Bonchev–Trinajstić information content (AvgIpc) is 2.37. The van der Waals surface area contributed by atoms with Crippen LogP contribution in [0.3, 0.4) is 0 Å². The van der Waals surface area contributed by atoms with Crippen LogP contribution in [0, 0.1) is 11.3 Å². The SMILES string of the molecule is N#Cc1cccc(N=C(/C(=C\N)C(=O)O)C(F)(F)F)c1. The van der Waals surface area contributed by atoms with Crippen molar-refractivity contribution in [3.05, 3.63) is 41.6 Å². The third-order valence-electron chi connectivity index (χ3n) is 2.14. The molecule has 0 aromatic heterocycles. The van der Waals surface area contributed by atoms with Crippen molar-refractivity contribution >= 4 is 17.4 Å². The Hall–Kier alpha value is -2.82. The van der Waals surface area contributed by atoms with E-state index < -0.39 is 23.4 Å². The van der Waals surface area contributed by atoms with Gasteiger partial charge in [0.25, 0.3) is 0 Å². The Bertz CT molecular complexity index is 628. The van der Waals surface area contributed by atoms with Gasteiger partial charge in [0.05, 0.1) is 17.3 Å². The number of alkyl halides is 3. The summed E-state index contributed by atoms with van der Waals surface area (Å²) < 4.78 is 38.5. The number of carboxylic acids is 1. The predicted octanol–water partition coefficient (Wildman–Crippen LogP) is 2.12. The Balaban J connectivity index is 3.42. The Labute approximate surface area is 111 Å². The number of halogens is 3. The first-order chi connectivity index (χ1) is 9.29. The number of aliphatic imine (C=N–C) groups is 1. The van der Waals surface area contributed by atoms with E-state index in [1.54, 1.807) is 6.07 Å². The van der Waals surface area contributed by atoms with Gasteiger partial charge in [-0.15, -0.1) is 0 Å². The molecule has 0 saturated heterocycles. The fourth-order valence-corrected chi connectivity index (χ4v) is 1.30. The average molecular weight is 283 g/mol. The molecule has 0 atom stereocenters. The maximum Gasteiger partial charge on any atom is 0.434 e. The number of nitriles is 1. The van der Waals surface area contributed by atoms with E-state index in [9.17, 15) is 18.0 Å². The molecule has 20 heavy (non-hydrogen) atoms. The summed E-state index contributed by atoms with van der Waals surface area (Å²) in [7, 11) is 0. The van der Waals surface area contributed by atoms with Gasteiger partial charge in [0, 0.05) is 6.20 Å². The van der Waals surface area contributed by atoms with E-state index in [-0.39, 0.29) is 11.3 Å². The summed E-state index contributed by atoms with van der Waals surface area (Å²) in [6.45, 7) is 0. The molecule has 1 aromatic rings. The first-order valence-electron chi connectivity index (χ1n) is 5.11. The second-order valence-electron chi connectivity index (χ2n) is 3.51. The lowest BCUT2D eigenvalue weighted by Crippen LogP contribution is -2.29. The van der Waals surface area contributed by atoms with Gasteiger partial charge in [0.2, 0.25) is 0 Å². The molecule has 1 rings (SSSR count). The Morgan fingerprint density at radius 2 is 2.10 bits per heavy atom. The molecule has 0 heterocycles. The lowest BCUT2D eigenvalue weighted by Gasteiger charge is -2.10. The van der Waals surface area contributed by atoms with Crippen LogP contribution >= 0.6 is 0 Å². The van der Waals surface area contributed by atoms with Gasteiger partial charge in [-0.25, -0.2) is 9.79 Å². The number of carbonyl (C=O) groups is 1. The molecule has 0 saturated carbocycles. The summed E-state index contributed by atoms with van der Waals surface area (Å²) >= 11 is 0. The van der Waals surface area contributed by atoms with Crippen molar-refractivity contribution in [3.8, 4) is 6.07 Å². The zero-order valence-electron chi connectivity index (χ0n) is 9.85. The van der Waals surface area contributed by atoms with Crippen LogP contribution in [-0.4, -0.2) is 23.0 Å². The molecule has 0 amide bonds. The van der Waals surface area contributed by atoms with Gasteiger partial charge in [-0.3, -0.25) is 0 Å². The lowest BCUT2D eigenvalue weighted by molar-refractivity contribution is -0.132. The number of carboxylic acid groups (broad SMARTS) is 1. The number of benzene rings is 1. The summed E-state index contributed by atoms with van der Waals surface area (Å²) in [6, 6.07) is 6.76. The van der Waals surface area contributed by atoms with Crippen LogP contribution in [-0.2, 0) is 4.79 Å². The van der Waals surface area contributed by atoms with Crippen LogP contribution < -0.4 is 5.73 Å². The zero-order valence-corrected chi connectivity index (χ0v) is 9.85. The highest BCUT2D eigenvalue weighted by molar-refractivity contribution is 6.22. The molecule has 0 fully saturated rings. The maximum absolute atomic E-state index is 12.8. The standard InChI is InChI=1S/C12H8F3N3O2/c13-12(14,15)10(9(6-17)11(19)20)18-8-3-1-2-7(4-8)5-16/h1-4,6H,17H2,(H,19,20)/b9-6+,18-10?. The lowest BCUT2D eigenvalue weighted by atomic mass is 10.1. The van der Waals surface area contributed by atoms with Crippen LogP contribution in [0.5, 0.6) is 0 Å². The zero-order chi connectivity index (χ0) is 15.3. The van der Waals surface area contributed by atoms with Crippen LogP contribution in [0.25, 0.3) is 0 Å². The van der Waals surface area contributed by atoms with Crippen molar-refractivity contribution in [2.24, 2.45) is 10.7 Å². The summed E-state index contributed by atoms with van der Waals surface area (Å²) in [5, 5.41) is 17.4. The first kappa shape index (κ1) is 15.2. The highest BCUT2D eigenvalue weighted by Gasteiger charge is 2.40. The van der Waals surface area contributed by atoms with Gasteiger partial charge in [0.1, 0.15) is 5.57 Å². The minimum atomic E-state index is -4.99. The van der Waals surface area contributed by atoms with Crippen LogP contribution in [0.2, 0.25) is 0 Å². The number of hydrogen-bond acceptors (Lipinski definition) is 4. The third kappa shape index (κ3) is 3.58. The van der Waals surface area contributed by atoms with Gasteiger partial charge >= 0.3 is 12.1 Å². The van der Waals surface area contributed by atoms with Crippen LogP contribution in [0.1, 0.15) is 5.56 Å². The predicted molar refractivity (Wildman–Crippen MR) is 64.2 cm³/mol. The van der Waals surface area contributed by atoms with E-state index in [4.69, 9.17) is 16.1 Å². The molecular weight excluding hydrogens is 275 g/mol. The number of aliphatic carboxylic acids is 1. The highest BCUT2D eigenvalue weighted by atomic mass is 19.4. The van der Waals surface area contributed by atoms with E-state index in [1.165, 1.54) is 18.2 Å². The fraction of sp³-hybridized carbons (Fsp3) is 0.0833. The first-order valence-corrected chi connectivity index (χ1v) is 5.11. The van der Waals surface area contributed by atoms with Gasteiger partial charge in [-0.1, -0.05) is 6.07 Å². The molecule has 0 unspecified atom stereocenters. The summed E-state index contributed by atoms with van der Waals surface area (Å²) in [4.78, 5) is 14.0. The van der Waals surface area contributed by atoms with E-state index in [0.717, 1.165) is 6.07 Å². The van der Waals surface area contributed by atoms with Crippen molar-refractivity contribution in [2.75, 3.05) is 0 Å². The second-order valence-corrected chi connectivity index (χ2v) is 3.51. The fourth-order valence-electron chi connectivity index (χ4n) is 1.30. The molecule has 0 spiro atoms. The van der Waals surface area contributed by atoms with Crippen molar-refractivity contribution in [3.63, 3.8) is 0 Å². The molecule has 8 heteroatoms. The van der Waals surface area contributed by atoms with Gasteiger partial charge in [0.15, 0.2) is 5.71 Å². The van der Waals surface area contributed by atoms with E-state index in [1.807, 2.05) is 0 Å². The van der Waals surface area contributed by atoms with Crippen molar-refractivity contribution in [1.82, 2.24) is 0 Å². The number of nitrogens with zero attached hydrogens (tertiary/aromatic N) is 2. The molecule has 0 radical (unpaired) electrons. The van der Waals surface area contributed by atoms with E-state index in [0.29, 0.717) is 6.20 Å². The number of rotatable bonds is 3. The number of hydrogen-bond donors (Lipinski definition) is 2.